The Hall–Kier alpha value is -5.01. The van der Waals surface area contributed by atoms with Crippen molar-refractivity contribution in [2.24, 2.45) is 5.41 Å². The largest absolute Gasteiger partial charge is 0.308 e. The zero-order chi connectivity index (χ0) is 41.9. The van der Waals surface area contributed by atoms with E-state index in [9.17, 15) is 0 Å². The molecule has 6 aromatic carbocycles. The molecule has 8 aromatic rings. The minimum absolute atomic E-state index is 0.0539. The number of benzene rings is 6. The minimum atomic E-state index is -0.0539. The summed E-state index contributed by atoms with van der Waals surface area (Å²) in [6, 6.07) is 54.7. The summed E-state index contributed by atoms with van der Waals surface area (Å²) in [5, 5.41) is 4.10. The fraction of sp³-hybridized carbons (Fsp3) is 0.250. The second kappa shape index (κ2) is 14.5. The van der Waals surface area contributed by atoms with Gasteiger partial charge in [0.15, 0.2) is 18.3 Å². The highest BCUT2D eigenvalue weighted by Crippen LogP contribution is 2.77. The van der Waals surface area contributed by atoms with Crippen molar-refractivity contribution in [3.63, 3.8) is 0 Å². The lowest BCUT2D eigenvalue weighted by atomic mass is 9.76. The predicted octanol–water partition coefficient (Wildman–Crippen LogP) is 14.8. The normalized spacial score (nSPS) is 21.1. The van der Waals surface area contributed by atoms with Gasteiger partial charge >= 0.3 is 0 Å². The van der Waals surface area contributed by atoms with E-state index in [1.54, 1.807) is 0 Å². The Labute approximate surface area is 378 Å². The highest BCUT2D eigenvalue weighted by atomic mass is 32.2. The number of unbranched alkanes of at least 4 members (excludes halogenated alkanes) is 1. The Kier molecular flexibility index (Phi) is 9.05. The lowest BCUT2D eigenvalue weighted by Crippen LogP contribution is -2.45. The van der Waals surface area contributed by atoms with Gasteiger partial charge in [0.2, 0.25) is 16.9 Å². The molecule has 4 atom stereocenters. The van der Waals surface area contributed by atoms with E-state index in [1.807, 2.05) is 35.3 Å². The first-order valence-electron chi connectivity index (χ1n) is 22.4. The van der Waals surface area contributed by atoms with Crippen molar-refractivity contribution in [3.05, 3.63) is 162 Å². The number of hydrogen-bond donors (Lipinski definition) is 0. The molecule has 2 aromatic heterocycles. The molecule has 6 heteroatoms. The third-order valence-electron chi connectivity index (χ3n) is 15.3. The minimum Gasteiger partial charge on any atom is -0.308 e. The first-order chi connectivity index (χ1) is 30.4. The zero-order valence-corrected chi connectivity index (χ0v) is 38.6. The molecule has 4 unspecified atom stereocenters. The molecule has 3 aliphatic heterocycles. The number of thioether (sulfide) groups is 2. The second-order valence-electron chi connectivity index (χ2n) is 18.0. The lowest BCUT2D eigenvalue weighted by Gasteiger charge is -2.33. The van der Waals surface area contributed by atoms with Gasteiger partial charge in [0.05, 0.1) is 33.3 Å². The second-order valence-corrected chi connectivity index (χ2v) is 20.8. The lowest BCUT2D eigenvalue weighted by molar-refractivity contribution is -0.702. The van der Waals surface area contributed by atoms with E-state index < -0.39 is 0 Å². The van der Waals surface area contributed by atoms with Gasteiger partial charge in [0.1, 0.15) is 0 Å². The van der Waals surface area contributed by atoms with E-state index in [1.165, 1.54) is 110 Å². The Morgan fingerprint density at radius 3 is 2.23 bits per heavy atom. The fourth-order valence-corrected chi connectivity index (χ4v) is 14.3. The van der Waals surface area contributed by atoms with Crippen molar-refractivity contribution in [1.29, 1.82) is 0 Å². The van der Waals surface area contributed by atoms with Crippen molar-refractivity contribution >= 4 is 74.0 Å². The molecule has 5 heterocycles. The number of para-hydroxylation sites is 1. The van der Waals surface area contributed by atoms with Gasteiger partial charge in [-0.25, -0.2) is 0 Å². The number of aryl methyl sites for hydroxylation is 1. The molecular formula is C56H51N3S3+2. The summed E-state index contributed by atoms with van der Waals surface area (Å²) in [5.41, 5.74) is 14.9. The maximum absolute atomic E-state index is 2.72. The van der Waals surface area contributed by atoms with Gasteiger partial charge in [-0.2, -0.15) is 9.13 Å². The average molecular weight is 862 g/mol. The first-order valence-corrected chi connectivity index (χ1v) is 25.7. The number of rotatable bonds is 9. The van der Waals surface area contributed by atoms with Gasteiger partial charge in [-0.1, -0.05) is 81.4 Å². The van der Waals surface area contributed by atoms with Crippen LogP contribution in [0, 0.1) is 5.41 Å². The van der Waals surface area contributed by atoms with Gasteiger partial charge in [0, 0.05) is 66.3 Å². The maximum atomic E-state index is 2.72. The number of aromatic nitrogens is 2. The van der Waals surface area contributed by atoms with Gasteiger partial charge in [-0.3, -0.25) is 0 Å². The van der Waals surface area contributed by atoms with Crippen molar-refractivity contribution in [1.82, 2.24) is 0 Å². The van der Waals surface area contributed by atoms with E-state index >= 15 is 0 Å². The summed E-state index contributed by atoms with van der Waals surface area (Å²) < 4.78 is 5.44. The number of pyridine rings is 2. The van der Waals surface area contributed by atoms with Crippen molar-refractivity contribution < 1.29 is 9.13 Å². The molecule has 4 aliphatic rings. The molecule has 306 valence electrons. The average Bonchev–Trinajstić information content (AvgIpc) is 3.74. The van der Waals surface area contributed by atoms with Gasteiger partial charge < -0.3 is 4.90 Å². The molecule has 0 saturated heterocycles. The topological polar surface area (TPSA) is 11.0 Å². The highest BCUT2D eigenvalue weighted by Gasteiger charge is 2.83. The molecular weight excluding hydrogens is 811 g/mol. The zero-order valence-electron chi connectivity index (χ0n) is 36.1. The third-order valence-corrected chi connectivity index (χ3v) is 17.8. The Morgan fingerprint density at radius 1 is 0.710 bits per heavy atom. The van der Waals surface area contributed by atoms with Crippen LogP contribution in [0.4, 0.5) is 17.1 Å². The third kappa shape index (κ3) is 5.36. The van der Waals surface area contributed by atoms with Crippen LogP contribution < -0.4 is 14.0 Å². The van der Waals surface area contributed by atoms with Crippen LogP contribution in [-0.4, -0.2) is 12.5 Å². The number of nitrogens with zero attached hydrogens (tertiary/aromatic N) is 3. The molecule has 12 rings (SSSR count). The van der Waals surface area contributed by atoms with Gasteiger partial charge in [-0.15, -0.1) is 23.5 Å². The van der Waals surface area contributed by atoms with E-state index in [-0.39, 0.29) is 16.9 Å². The van der Waals surface area contributed by atoms with E-state index in [0.717, 1.165) is 19.3 Å². The molecule has 1 fully saturated rings. The molecule has 0 N–H and O–H groups in total. The highest BCUT2D eigenvalue weighted by molar-refractivity contribution is 8.00. The standard InChI is InChI=1S/C56H51N3S3/c1-6-8-14-35-16-13-18-42-40(35)29-30-57-53(42)43-17-10-11-19-45(43)56(54(57)55(56,3)7-2)34-50-41-25-22-37(31-44(41)47-26-21-36-15-9-12-20-46(36)59(47)50)58-48-27-23-38(60-4)32-51(48)62-52-33-39(61-5)24-28-49(52)58/h9-13,15-33,50,54H,6-8,14,34H2,1-5H3/q+2. The van der Waals surface area contributed by atoms with Crippen LogP contribution in [0.1, 0.15) is 75.2 Å². The van der Waals surface area contributed by atoms with Crippen LogP contribution in [-0.2, 0) is 11.8 Å². The quantitative estimate of drug-likeness (QED) is 0.106. The van der Waals surface area contributed by atoms with Gasteiger partial charge in [-0.05, 0) is 127 Å². The summed E-state index contributed by atoms with van der Waals surface area (Å²) in [4.78, 5) is 7.71. The number of hydrogen-bond acceptors (Lipinski definition) is 4. The molecule has 0 bridgehead atoms. The smallest absolute Gasteiger partial charge is 0.220 e. The Balaban J connectivity index is 1.04. The number of fused-ring (bicyclic) bond motifs is 15. The summed E-state index contributed by atoms with van der Waals surface area (Å²) in [6.07, 6.45) is 12.5. The van der Waals surface area contributed by atoms with Crippen molar-refractivity contribution in [2.45, 2.75) is 90.0 Å². The Bertz CT molecular complexity index is 3100. The van der Waals surface area contributed by atoms with Crippen molar-refractivity contribution in [2.75, 3.05) is 17.4 Å². The summed E-state index contributed by atoms with van der Waals surface area (Å²) >= 11 is 5.52. The Morgan fingerprint density at radius 2 is 1.47 bits per heavy atom. The van der Waals surface area contributed by atoms with E-state index in [2.05, 4.69) is 193 Å². The predicted molar refractivity (Wildman–Crippen MR) is 262 cm³/mol. The van der Waals surface area contributed by atoms with Crippen LogP contribution in [0.25, 0.3) is 44.2 Å². The summed E-state index contributed by atoms with van der Waals surface area (Å²) in [5.74, 6) is 0. The SMILES string of the molecule is CCCCc1cccc2c3[n+](ccc12)C1C(C)(CC)C1(CC1c2ccc(N4c5ccc(SC)cc5Sc5cc(SC)ccc54)cc2-c2ccc4ccccc4[n+]21)c1ccccc1-3. The molecule has 0 spiro atoms. The molecule has 0 radical (unpaired) electrons. The van der Waals surface area contributed by atoms with Crippen LogP contribution in [0.5, 0.6) is 0 Å². The van der Waals surface area contributed by atoms with Crippen LogP contribution in [0.3, 0.4) is 0 Å². The maximum Gasteiger partial charge on any atom is 0.220 e. The molecule has 1 aliphatic carbocycles. The van der Waals surface area contributed by atoms with Gasteiger partial charge in [0.25, 0.3) is 0 Å². The molecule has 3 nitrogen and oxygen atoms in total. The molecule has 0 amide bonds. The van der Waals surface area contributed by atoms with E-state index in [0.29, 0.717) is 6.04 Å². The molecule has 1 saturated carbocycles. The van der Waals surface area contributed by atoms with Crippen molar-refractivity contribution in [3.8, 4) is 22.5 Å². The van der Waals surface area contributed by atoms with E-state index in [4.69, 9.17) is 0 Å². The van der Waals surface area contributed by atoms with Crippen LogP contribution >= 0.6 is 35.3 Å². The summed E-state index contributed by atoms with van der Waals surface area (Å²) in [7, 11) is 0. The van der Waals surface area contributed by atoms with Crippen LogP contribution in [0.2, 0.25) is 0 Å². The first kappa shape index (κ1) is 38.6. The number of anilines is 3. The fourth-order valence-electron chi connectivity index (χ4n) is 12.2. The monoisotopic (exact) mass is 861 g/mol. The summed E-state index contributed by atoms with van der Waals surface area (Å²) in [6.45, 7) is 7.34. The van der Waals surface area contributed by atoms with Crippen LogP contribution in [0.15, 0.2) is 165 Å². The molecule has 62 heavy (non-hydrogen) atoms.